The lowest BCUT2D eigenvalue weighted by Crippen LogP contribution is -2.44. The Morgan fingerprint density at radius 1 is 0.733 bits per heavy atom. The molecule has 3 aromatic carbocycles. The maximum atomic E-state index is 7.16. The lowest BCUT2D eigenvalue weighted by molar-refractivity contribution is 0.248. The Morgan fingerprint density at radius 3 is 1.60 bits per heavy atom. The third-order valence-corrected chi connectivity index (χ3v) is 13.4. The molecular formula is C27H35OPSi. The minimum Gasteiger partial charge on any atom is -0.410 e. The zero-order valence-corrected chi connectivity index (χ0v) is 20.9. The summed E-state index contributed by atoms with van der Waals surface area (Å²) in [6.07, 6.45) is 2.07. The quantitative estimate of drug-likeness (QED) is 0.271. The summed E-state index contributed by atoms with van der Waals surface area (Å²) in [7, 11) is -2.53. The molecule has 3 heteroatoms. The van der Waals surface area contributed by atoms with Crippen molar-refractivity contribution in [1.82, 2.24) is 0 Å². The molecule has 3 aromatic rings. The fraction of sp³-hybridized carbons (Fsp3) is 0.333. The monoisotopic (exact) mass is 434 g/mol. The first-order valence-corrected chi connectivity index (χ1v) is 15.2. The number of hydrogen-bond donors (Lipinski definition) is 0. The van der Waals surface area contributed by atoms with Crippen LogP contribution in [-0.2, 0) is 10.8 Å². The van der Waals surface area contributed by atoms with E-state index in [1.807, 2.05) is 0 Å². The summed E-state index contributed by atoms with van der Waals surface area (Å²) in [6, 6.07) is 32.8. The first-order valence-electron chi connectivity index (χ1n) is 10.9. The third kappa shape index (κ3) is 5.91. The van der Waals surface area contributed by atoms with Crippen molar-refractivity contribution >= 4 is 26.8 Å². The molecule has 0 spiro atoms. The summed E-state index contributed by atoms with van der Waals surface area (Å²) in [5.41, 5.74) is 1.39. The van der Waals surface area contributed by atoms with E-state index in [1.54, 1.807) is 0 Å². The van der Waals surface area contributed by atoms with Gasteiger partial charge >= 0.3 is 0 Å². The Kier molecular flexibility index (Phi) is 7.68. The minimum absolute atomic E-state index is 0.187. The molecule has 0 saturated heterocycles. The first-order chi connectivity index (χ1) is 14.3. The van der Waals surface area contributed by atoms with Crippen LogP contribution in [0.15, 0.2) is 91.0 Å². The molecule has 0 aliphatic heterocycles. The molecule has 0 aliphatic carbocycles. The van der Waals surface area contributed by atoms with Crippen LogP contribution in [0.1, 0.15) is 32.8 Å². The zero-order valence-electron chi connectivity index (χ0n) is 19.0. The second-order valence-corrected chi connectivity index (χ2v) is 16.5. The van der Waals surface area contributed by atoms with Crippen LogP contribution in [0.3, 0.4) is 0 Å². The fourth-order valence-corrected chi connectivity index (χ4v) is 8.05. The molecule has 0 fully saturated rings. The average Bonchev–Trinajstić information content (AvgIpc) is 2.73. The van der Waals surface area contributed by atoms with Gasteiger partial charge in [-0.1, -0.05) is 112 Å². The second-order valence-electron chi connectivity index (χ2n) is 9.40. The van der Waals surface area contributed by atoms with Gasteiger partial charge in [0.25, 0.3) is 0 Å². The van der Waals surface area contributed by atoms with Crippen LogP contribution in [0.2, 0.25) is 18.1 Å². The molecular weight excluding hydrogens is 399 g/mol. The summed E-state index contributed by atoms with van der Waals surface area (Å²) in [5, 5.41) is 2.98. The highest BCUT2D eigenvalue weighted by molar-refractivity contribution is 7.73. The Morgan fingerprint density at radius 2 is 1.17 bits per heavy atom. The summed E-state index contributed by atoms with van der Waals surface area (Å²) in [4.78, 5) is 0. The third-order valence-electron chi connectivity index (χ3n) is 6.12. The van der Waals surface area contributed by atoms with Gasteiger partial charge in [0.2, 0.25) is 0 Å². The molecule has 1 atom stereocenters. The molecule has 3 rings (SSSR count). The van der Waals surface area contributed by atoms with Crippen LogP contribution in [0.5, 0.6) is 0 Å². The summed E-state index contributed by atoms with van der Waals surface area (Å²) in [5.74, 6) is 0.200. The van der Waals surface area contributed by atoms with Crippen molar-refractivity contribution in [1.29, 1.82) is 0 Å². The SMILES string of the molecule is CC(C)(C)[Si](C)(C)OC(CCc1ccccc1)P(c1ccccc1)c1ccccc1. The number of hydrogen-bond acceptors (Lipinski definition) is 1. The lowest BCUT2D eigenvalue weighted by Gasteiger charge is -2.42. The van der Waals surface area contributed by atoms with E-state index in [2.05, 4.69) is 125 Å². The maximum Gasteiger partial charge on any atom is 0.192 e. The topological polar surface area (TPSA) is 9.23 Å². The summed E-state index contributed by atoms with van der Waals surface area (Å²) in [6.45, 7) is 11.8. The van der Waals surface area contributed by atoms with Crippen LogP contribution in [0, 0.1) is 0 Å². The Bertz CT molecular complexity index is 849. The van der Waals surface area contributed by atoms with Gasteiger partial charge in [-0.25, -0.2) is 0 Å². The van der Waals surface area contributed by atoms with E-state index in [4.69, 9.17) is 4.43 Å². The Balaban J connectivity index is 1.99. The fourth-order valence-electron chi connectivity index (χ4n) is 3.35. The molecule has 0 N–H and O–H groups in total. The molecule has 0 radical (unpaired) electrons. The van der Waals surface area contributed by atoms with Gasteiger partial charge < -0.3 is 4.43 Å². The molecule has 30 heavy (non-hydrogen) atoms. The smallest absolute Gasteiger partial charge is 0.192 e. The van der Waals surface area contributed by atoms with Gasteiger partial charge in [-0.2, -0.15) is 0 Å². The molecule has 0 aliphatic rings. The predicted molar refractivity (Wildman–Crippen MR) is 136 cm³/mol. The van der Waals surface area contributed by atoms with Crippen LogP contribution in [-0.4, -0.2) is 14.2 Å². The van der Waals surface area contributed by atoms with Crippen molar-refractivity contribution in [3.63, 3.8) is 0 Å². The maximum absolute atomic E-state index is 7.16. The molecule has 158 valence electrons. The predicted octanol–water partition coefficient (Wildman–Crippen LogP) is 7.10. The summed E-state index contributed by atoms with van der Waals surface area (Å²) < 4.78 is 7.16. The van der Waals surface area contributed by atoms with Crippen molar-refractivity contribution < 1.29 is 4.43 Å². The van der Waals surface area contributed by atoms with Crippen molar-refractivity contribution in [2.75, 3.05) is 0 Å². The van der Waals surface area contributed by atoms with Gasteiger partial charge in [0, 0.05) is 0 Å². The molecule has 0 aromatic heterocycles. The van der Waals surface area contributed by atoms with Crippen molar-refractivity contribution in [2.24, 2.45) is 0 Å². The average molecular weight is 435 g/mol. The standard InChI is InChI=1S/C27H35OPSi/c1-27(2,3)30(4,5)28-26(22-21-23-15-9-6-10-16-23)29(24-17-11-7-12-18-24)25-19-13-8-14-20-25/h6-20,26H,21-22H2,1-5H3. The molecule has 0 saturated carbocycles. The van der Waals surface area contributed by atoms with Crippen molar-refractivity contribution in [3.8, 4) is 0 Å². The van der Waals surface area contributed by atoms with Crippen LogP contribution >= 0.6 is 7.92 Å². The second kappa shape index (κ2) is 10.0. The highest BCUT2D eigenvalue weighted by Gasteiger charge is 2.41. The van der Waals surface area contributed by atoms with E-state index in [0.29, 0.717) is 0 Å². The Labute approximate surface area is 185 Å². The van der Waals surface area contributed by atoms with E-state index in [-0.39, 0.29) is 10.9 Å². The number of rotatable bonds is 8. The molecule has 0 heterocycles. The van der Waals surface area contributed by atoms with E-state index < -0.39 is 16.2 Å². The van der Waals surface area contributed by atoms with Gasteiger partial charge in [0.1, 0.15) is 0 Å². The molecule has 1 nitrogen and oxygen atoms in total. The normalized spacial score (nSPS) is 13.4. The highest BCUT2D eigenvalue weighted by atomic mass is 31.1. The van der Waals surface area contributed by atoms with E-state index >= 15 is 0 Å². The minimum atomic E-state index is -1.92. The van der Waals surface area contributed by atoms with E-state index in [1.165, 1.54) is 16.2 Å². The van der Waals surface area contributed by atoms with E-state index in [9.17, 15) is 0 Å². The number of benzene rings is 3. The molecule has 0 bridgehead atoms. The van der Waals surface area contributed by atoms with Crippen molar-refractivity contribution in [3.05, 3.63) is 96.6 Å². The van der Waals surface area contributed by atoms with Crippen molar-refractivity contribution in [2.45, 2.75) is 57.6 Å². The van der Waals surface area contributed by atoms with Crippen LogP contribution in [0.4, 0.5) is 0 Å². The number of aryl methyl sites for hydroxylation is 1. The first kappa shape index (κ1) is 22.9. The van der Waals surface area contributed by atoms with Crippen LogP contribution < -0.4 is 10.6 Å². The van der Waals surface area contributed by atoms with Gasteiger partial charge in [0.05, 0.1) is 5.85 Å². The molecule has 0 amide bonds. The van der Waals surface area contributed by atoms with Gasteiger partial charge in [-0.15, -0.1) is 0 Å². The molecule has 1 unspecified atom stereocenters. The summed E-state index contributed by atoms with van der Waals surface area (Å²) >= 11 is 0. The van der Waals surface area contributed by atoms with Gasteiger partial charge in [-0.05, 0) is 55.1 Å². The highest BCUT2D eigenvalue weighted by Crippen LogP contribution is 2.47. The van der Waals surface area contributed by atoms with Crippen LogP contribution in [0.25, 0.3) is 0 Å². The van der Waals surface area contributed by atoms with Gasteiger partial charge in [0.15, 0.2) is 8.32 Å². The lowest BCUT2D eigenvalue weighted by atomic mass is 10.1. The van der Waals surface area contributed by atoms with Gasteiger partial charge in [-0.3, -0.25) is 0 Å². The largest absolute Gasteiger partial charge is 0.410 e. The zero-order chi connectivity index (χ0) is 21.6. The van der Waals surface area contributed by atoms with E-state index in [0.717, 1.165) is 12.8 Å². The Hall–Kier alpha value is -1.73.